The monoisotopic (exact) mass is 434 g/mol. The molecular weight excluding hydrogens is 408 g/mol. The zero-order valence-electron chi connectivity index (χ0n) is 18.3. The molecule has 2 atom stereocenters. The van der Waals surface area contributed by atoms with Crippen LogP contribution in [0.4, 0.5) is 0 Å². The van der Waals surface area contributed by atoms with Crippen LogP contribution >= 0.6 is 0 Å². The number of carbonyl (C=O) groups is 1. The number of aliphatic imine (C=N–C) groups is 1. The van der Waals surface area contributed by atoms with Crippen molar-refractivity contribution in [1.29, 1.82) is 0 Å². The van der Waals surface area contributed by atoms with Crippen molar-refractivity contribution in [1.82, 2.24) is 0 Å². The highest BCUT2D eigenvalue weighted by atomic mass is 16.6. The Kier molecular flexibility index (Phi) is 7.20. The molecule has 1 aromatic heterocycles. The second kappa shape index (κ2) is 10.0. The van der Waals surface area contributed by atoms with Gasteiger partial charge in [0.1, 0.15) is 17.3 Å². The molecule has 32 heavy (non-hydrogen) atoms. The van der Waals surface area contributed by atoms with Crippen LogP contribution in [-0.2, 0) is 9.53 Å². The summed E-state index contributed by atoms with van der Waals surface area (Å²) in [6.45, 7) is 4.71. The first-order valence-corrected chi connectivity index (χ1v) is 10.3. The maximum atomic E-state index is 13.3. The lowest BCUT2D eigenvalue weighted by atomic mass is 9.95. The van der Waals surface area contributed by atoms with Gasteiger partial charge >= 0.3 is 5.97 Å². The minimum atomic E-state index is -1.18. The first-order valence-electron chi connectivity index (χ1n) is 10.3. The van der Waals surface area contributed by atoms with Crippen LogP contribution in [0.25, 0.3) is 0 Å². The molecule has 0 aliphatic rings. The summed E-state index contributed by atoms with van der Waals surface area (Å²) in [6.07, 6.45) is 1.42. The average Bonchev–Trinajstić information content (AvgIpc) is 3.28. The number of benzene rings is 2. The van der Waals surface area contributed by atoms with Crippen molar-refractivity contribution >= 4 is 11.7 Å². The molecule has 0 fully saturated rings. The van der Waals surface area contributed by atoms with Crippen LogP contribution in [0.2, 0.25) is 0 Å². The fourth-order valence-corrected chi connectivity index (χ4v) is 3.32. The summed E-state index contributed by atoms with van der Waals surface area (Å²) < 4.78 is 11.1. The Morgan fingerprint density at radius 2 is 1.56 bits per heavy atom. The molecule has 0 bridgehead atoms. The van der Waals surface area contributed by atoms with E-state index in [1.54, 1.807) is 32.9 Å². The van der Waals surface area contributed by atoms with E-state index in [-0.39, 0.29) is 0 Å². The third-order valence-corrected chi connectivity index (χ3v) is 4.65. The van der Waals surface area contributed by atoms with E-state index in [1.807, 2.05) is 60.7 Å². The molecule has 0 saturated heterocycles. The quantitative estimate of drug-likeness (QED) is 0.218. The number of esters is 1. The summed E-state index contributed by atoms with van der Waals surface area (Å²) in [5.74, 6) is -1.27. The second-order valence-corrected chi connectivity index (χ2v) is 8.33. The molecule has 0 N–H and O–H groups in total. The van der Waals surface area contributed by atoms with Crippen LogP contribution in [0.3, 0.4) is 0 Å². The minimum Gasteiger partial charge on any atom is -0.469 e. The van der Waals surface area contributed by atoms with Gasteiger partial charge in [-0.15, -0.1) is 0 Å². The van der Waals surface area contributed by atoms with Gasteiger partial charge in [0.25, 0.3) is 0 Å². The summed E-state index contributed by atoms with van der Waals surface area (Å²) in [7, 11) is 0. The molecule has 1 heterocycles. The lowest BCUT2D eigenvalue weighted by Crippen LogP contribution is -2.37. The molecule has 7 heteroatoms. The molecule has 3 aromatic rings. The van der Waals surface area contributed by atoms with E-state index in [2.05, 4.69) is 0 Å². The highest BCUT2D eigenvalue weighted by molar-refractivity contribution is 6.13. The van der Waals surface area contributed by atoms with Crippen LogP contribution in [0.5, 0.6) is 0 Å². The van der Waals surface area contributed by atoms with E-state index in [0.29, 0.717) is 11.5 Å². The van der Waals surface area contributed by atoms with Crippen molar-refractivity contribution in [2.75, 3.05) is 6.54 Å². The Hall–Kier alpha value is -3.74. The van der Waals surface area contributed by atoms with Crippen molar-refractivity contribution in [3.05, 3.63) is 106 Å². The van der Waals surface area contributed by atoms with Crippen molar-refractivity contribution < 1.29 is 18.9 Å². The largest absolute Gasteiger partial charge is 0.469 e. The molecule has 1 unspecified atom stereocenters. The maximum absolute atomic E-state index is 13.3. The van der Waals surface area contributed by atoms with E-state index in [0.717, 1.165) is 11.1 Å². The average molecular weight is 434 g/mol. The van der Waals surface area contributed by atoms with E-state index >= 15 is 0 Å². The molecule has 0 aliphatic heterocycles. The molecule has 2 aromatic carbocycles. The predicted octanol–water partition coefficient (Wildman–Crippen LogP) is 4.89. The standard InChI is InChI=1S/C25H26N2O5/c1-25(2,3)32-24(28)23(20(17-27(29)30)21-15-10-16-31-21)26-22(18-11-6-4-7-12-18)19-13-8-5-9-14-19/h4-16,20,23H,17H2,1-3H3/t20?,23-/m0/s1. The lowest BCUT2D eigenvalue weighted by molar-refractivity contribution is -0.484. The molecule has 0 spiro atoms. The molecular formula is C25H26N2O5. The molecule has 7 nitrogen and oxygen atoms in total. The van der Waals surface area contributed by atoms with Crippen LogP contribution in [0.1, 0.15) is 43.6 Å². The molecule has 166 valence electrons. The van der Waals surface area contributed by atoms with Crippen LogP contribution in [-0.4, -0.2) is 34.8 Å². The summed E-state index contributed by atoms with van der Waals surface area (Å²) in [5.41, 5.74) is 1.33. The van der Waals surface area contributed by atoms with Gasteiger partial charge in [0.15, 0.2) is 6.04 Å². The second-order valence-electron chi connectivity index (χ2n) is 8.33. The van der Waals surface area contributed by atoms with E-state index in [4.69, 9.17) is 14.1 Å². The Morgan fingerprint density at radius 3 is 2.00 bits per heavy atom. The van der Waals surface area contributed by atoms with Gasteiger partial charge in [0.2, 0.25) is 6.54 Å². The highest BCUT2D eigenvalue weighted by Gasteiger charge is 2.38. The number of nitrogens with zero attached hydrogens (tertiary/aromatic N) is 2. The van der Waals surface area contributed by atoms with Gasteiger partial charge in [-0.3, -0.25) is 15.1 Å². The normalized spacial score (nSPS) is 13.1. The Balaban J connectivity index is 2.18. The van der Waals surface area contributed by atoms with Gasteiger partial charge in [-0.05, 0) is 32.9 Å². The van der Waals surface area contributed by atoms with E-state index in [9.17, 15) is 14.9 Å². The first kappa shape index (κ1) is 22.9. The number of hydrogen-bond donors (Lipinski definition) is 0. The molecule has 0 saturated carbocycles. The summed E-state index contributed by atoms with van der Waals surface area (Å²) in [5, 5.41) is 11.5. The molecule has 0 amide bonds. The number of furan rings is 1. The third kappa shape index (κ3) is 6.14. The topological polar surface area (TPSA) is 94.9 Å². The Morgan fingerprint density at radius 1 is 1.00 bits per heavy atom. The van der Waals surface area contributed by atoms with Gasteiger partial charge in [-0.25, -0.2) is 4.79 Å². The number of nitro groups is 1. The van der Waals surface area contributed by atoms with Crippen molar-refractivity contribution in [3.63, 3.8) is 0 Å². The van der Waals surface area contributed by atoms with Crippen molar-refractivity contribution in [2.45, 2.75) is 38.3 Å². The summed E-state index contributed by atoms with van der Waals surface area (Å²) in [6, 6.07) is 20.9. The van der Waals surface area contributed by atoms with Crippen molar-refractivity contribution in [3.8, 4) is 0 Å². The number of hydrogen-bond acceptors (Lipinski definition) is 6. The zero-order chi connectivity index (χ0) is 23.1. The van der Waals surface area contributed by atoms with Gasteiger partial charge < -0.3 is 9.15 Å². The third-order valence-electron chi connectivity index (χ3n) is 4.65. The minimum absolute atomic E-state index is 0.307. The number of rotatable bonds is 8. The molecule has 0 aliphatic carbocycles. The van der Waals surface area contributed by atoms with Gasteiger partial charge in [0, 0.05) is 16.1 Å². The smallest absolute Gasteiger partial charge is 0.332 e. The first-order chi connectivity index (χ1) is 15.2. The number of ether oxygens (including phenoxy) is 1. The summed E-state index contributed by atoms with van der Waals surface area (Å²) >= 11 is 0. The van der Waals surface area contributed by atoms with Crippen molar-refractivity contribution in [2.24, 2.45) is 4.99 Å². The summed E-state index contributed by atoms with van der Waals surface area (Å²) in [4.78, 5) is 29.1. The lowest BCUT2D eigenvalue weighted by Gasteiger charge is -2.25. The van der Waals surface area contributed by atoms with Gasteiger partial charge in [-0.1, -0.05) is 60.7 Å². The van der Waals surface area contributed by atoms with Crippen LogP contribution in [0.15, 0.2) is 88.5 Å². The van der Waals surface area contributed by atoms with Crippen LogP contribution < -0.4 is 0 Å². The fourth-order valence-electron chi connectivity index (χ4n) is 3.32. The fraction of sp³-hybridized carbons (Fsp3) is 0.280. The highest BCUT2D eigenvalue weighted by Crippen LogP contribution is 2.27. The van der Waals surface area contributed by atoms with E-state index < -0.39 is 35.0 Å². The number of carbonyl (C=O) groups excluding carboxylic acids is 1. The zero-order valence-corrected chi connectivity index (χ0v) is 18.3. The molecule has 3 rings (SSSR count). The Bertz CT molecular complexity index is 1010. The molecule has 0 radical (unpaired) electrons. The van der Waals surface area contributed by atoms with E-state index in [1.165, 1.54) is 6.26 Å². The predicted molar refractivity (Wildman–Crippen MR) is 121 cm³/mol. The maximum Gasteiger partial charge on any atom is 0.332 e. The van der Waals surface area contributed by atoms with Gasteiger partial charge in [-0.2, -0.15) is 0 Å². The SMILES string of the molecule is CC(C)(C)OC(=O)[C@@H](N=C(c1ccccc1)c1ccccc1)C(C[N+](=O)[O-])c1ccco1. The Labute approximate surface area is 186 Å². The van der Waals surface area contributed by atoms with Gasteiger partial charge in [0.05, 0.1) is 12.0 Å². The van der Waals surface area contributed by atoms with Crippen LogP contribution in [0, 0.1) is 10.1 Å².